The molecular weight excluding hydrogens is 386 g/mol. The molecular formula is C18H25N3O6S. The molecule has 1 N–H and O–H groups in total. The van der Waals surface area contributed by atoms with E-state index >= 15 is 0 Å². The van der Waals surface area contributed by atoms with Crippen LogP contribution in [0.5, 0.6) is 5.75 Å². The van der Waals surface area contributed by atoms with Gasteiger partial charge in [0.1, 0.15) is 16.7 Å². The van der Waals surface area contributed by atoms with Gasteiger partial charge in [0.25, 0.3) is 5.91 Å². The summed E-state index contributed by atoms with van der Waals surface area (Å²) in [6.07, 6.45) is 1.18. The Morgan fingerprint density at radius 2 is 1.93 bits per heavy atom. The molecule has 10 heteroatoms. The molecule has 2 aliphatic heterocycles. The molecule has 0 aliphatic carbocycles. The van der Waals surface area contributed by atoms with E-state index in [1.165, 1.54) is 30.5 Å². The maximum Gasteiger partial charge on any atom is 0.251 e. The minimum atomic E-state index is -3.84. The van der Waals surface area contributed by atoms with E-state index in [1.54, 1.807) is 11.0 Å². The van der Waals surface area contributed by atoms with Gasteiger partial charge >= 0.3 is 0 Å². The van der Waals surface area contributed by atoms with Gasteiger partial charge in [-0.1, -0.05) is 0 Å². The molecule has 0 unspecified atom stereocenters. The summed E-state index contributed by atoms with van der Waals surface area (Å²) in [5.74, 6) is -0.165. The fourth-order valence-corrected chi connectivity index (χ4v) is 5.03. The Kier molecular flexibility index (Phi) is 6.21. The van der Waals surface area contributed by atoms with Gasteiger partial charge in [0.05, 0.1) is 7.11 Å². The van der Waals surface area contributed by atoms with Crippen LogP contribution < -0.4 is 10.1 Å². The van der Waals surface area contributed by atoms with Crippen molar-refractivity contribution in [1.29, 1.82) is 0 Å². The molecule has 1 aromatic carbocycles. The molecule has 2 amide bonds. The summed E-state index contributed by atoms with van der Waals surface area (Å²) in [7, 11) is -2.45. The van der Waals surface area contributed by atoms with Crippen molar-refractivity contribution in [1.82, 2.24) is 9.21 Å². The van der Waals surface area contributed by atoms with E-state index in [1.807, 2.05) is 0 Å². The number of carbonyl (C=O) groups is 2. The molecule has 28 heavy (non-hydrogen) atoms. The number of sulfonamides is 1. The number of methoxy groups -OCH3 is 1. The Morgan fingerprint density at radius 1 is 1.21 bits per heavy atom. The number of nitrogens with one attached hydrogen (secondary N) is 1. The molecule has 0 aromatic heterocycles. The first kappa shape index (κ1) is 20.6. The van der Waals surface area contributed by atoms with Gasteiger partial charge in [0.15, 0.2) is 0 Å². The highest BCUT2D eigenvalue weighted by atomic mass is 32.2. The van der Waals surface area contributed by atoms with Crippen LogP contribution in [0.25, 0.3) is 0 Å². The Morgan fingerprint density at radius 3 is 2.50 bits per heavy atom. The molecule has 0 spiro atoms. The SMILES string of the molecule is COc1ccc(NC(C)=O)cc1S(=O)(=O)N1CCN(C(=O)[C@H]2CCCO2)CC1. The molecule has 2 saturated heterocycles. The normalized spacial score (nSPS) is 20.8. The molecule has 0 bridgehead atoms. The highest BCUT2D eigenvalue weighted by molar-refractivity contribution is 7.89. The second-order valence-corrected chi connectivity index (χ2v) is 8.68. The summed E-state index contributed by atoms with van der Waals surface area (Å²) in [4.78, 5) is 25.4. The summed E-state index contributed by atoms with van der Waals surface area (Å²) >= 11 is 0. The minimum Gasteiger partial charge on any atom is -0.495 e. The highest BCUT2D eigenvalue weighted by Gasteiger charge is 2.35. The zero-order valence-electron chi connectivity index (χ0n) is 16.0. The second kappa shape index (κ2) is 8.46. The summed E-state index contributed by atoms with van der Waals surface area (Å²) in [6, 6.07) is 4.48. The average Bonchev–Trinajstić information content (AvgIpc) is 3.22. The Hall–Kier alpha value is -2.17. The molecule has 154 valence electrons. The van der Waals surface area contributed by atoms with Gasteiger partial charge in [-0.15, -0.1) is 0 Å². The fourth-order valence-electron chi connectivity index (χ4n) is 3.42. The van der Waals surface area contributed by atoms with Crippen molar-refractivity contribution < 1.29 is 27.5 Å². The van der Waals surface area contributed by atoms with Crippen LogP contribution in [0.15, 0.2) is 23.1 Å². The topological polar surface area (TPSA) is 105 Å². The smallest absolute Gasteiger partial charge is 0.251 e. The zero-order chi connectivity index (χ0) is 20.3. The second-order valence-electron chi connectivity index (χ2n) is 6.78. The number of hydrogen-bond donors (Lipinski definition) is 1. The number of hydrogen-bond acceptors (Lipinski definition) is 6. The Bertz CT molecular complexity index is 843. The Labute approximate surface area is 164 Å². The number of carbonyl (C=O) groups excluding carboxylic acids is 2. The zero-order valence-corrected chi connectivity index (χ0v) is 16.8. The average molecular weight is 411 g/mol. The quantitative estimate of drug-likeness (QED) is 0.763. The van der Waals surface area contributed by atoms with E-state index in [9.17, 15) is 18.0 Å². The predicted molar refractivity (Wildman–Crippen MR) is 102 cm³/mol. The van der Waals surface area contributed by atoms with Gasteiger partial charge in [0.2, 0.25) is 15.9 Å². The van der Waals surface area contributed by atoms with Gasteiger partial charge in [0, 0.05) is 45.4 Å². The lowest BCUT2D eigenvalue weighted by Gasteiger charge is -2.35. The first-order valence-electron chi connectivity index (χ1n) is 9.19. The molecule has 3 rings (SSSR count). The van der Waals surface area contributed by atoms with E-state index in [0.717, 1.165) is 6.42 Å². The lowest BCUT2D eigenvalue weighted by molar-refractivity contribution is -0.142. The van der Waals surface area contributed by atoms with Crippen LogP contribution in [0.2, 0.25) is 0 Å². The van der Waals surface area contributed by atoms with E-state index in [2.05, 4.69) is 5.32 Å². The third-order valence-corrected chi connectivity index (χ3v) is 6.78. The van der Waals surface area contributed by atoms with E-state index in [-0.39, 0.29) is 35.5 Å². The van der Waals surface area contributed by atoms with Crippen molar-refractivity contribution in [3.8, 4) is 5.75 Å². The molecule has 9 nitrogen and oxygen atoms in total. The van der Waals surface area contributed by atoms with E-state index < -0.39 is 16.1 Å². The van der Waals surface area contributed by atoms with Gasteiger partial charge in [-0.05, 0) is 31.0 Å². The molecule has 2 aliphatic rings. The largest absolute Gasteiger partial charge is 0.495 e. The van der Waals surface area contributed by atoms with Crippen LogP contribution >= 0.6 is 0 Å². The van der Waals surface area contributed by atoms with Crippen molar-refractivity contribution in [2.75, 3.05) is 45.2 Å². The maximum absolute atomic E-state index is 13.1. The third kappa shape index (κ3) is 4.29. The van der Waals surface area contributed by atoms with E-state index in [0.29, 0.717) is 31.8 Å². The van der Waals surface area contributed by atoms with Crippen LogP contribution in [-0.4, -0.2) is 75.4 Å². The number of nitrogens with zero attached hydrogens (tertiary/aromatic N) is 2. The number of rotatable bonds is 5. The summed E-state index contributed by atoms with van der Waals surface area (Å²) < 4.78 is 38.3. The maximum atomic E-state index is 13.1. The highest BCUT2D eigenvalue weighted by Crippen LogP contribution is 2.30. The van der Waals surface area contributed by atoms with Crippen molar-refractivity contribution in [3.05, 3.63) is 18.2 Å². The van der Waals surface area contributed by atoms with Crippen LogP contribution in [-0.2, 0) is 24.3 Å². The van der Waals surface area contributed by atoms with Crippen LogP contribution in [0.3, 0.4) is 0 Å². The molecule has 1 atom stereocenters. The fraction of sp³-hybridized carbons (Fsp3) is 0.556. The summed E-state index contributed by atoms with van der Waals surface area (Å²) in [6.45, 7) is 2.94. The molecule has 0 saturated carbocycles. The number of piperazine rings is 1. The number of benzene rings is 1. The van der Waals surface area contributed by atoms with Crippen LogP contribution in [0.1, 0.15) is 19.8 Å². The minimum absolute atomic E-state index is 0.0137. The lowest BCUT2D eigenvalue weighted by Crippen LogP contribution is -2.52. The van der Waals surface area contributed by atoms with Crippen molar-refractivity contribution >= 4 is 27.5 Å². The van der Waals surface area contributed by atoms with Gasteiger partial charge in [-0.2, -0.15) is 4.31 Å². The van der Waals surface area contributed by atoms with Gasteiger partial charge in [-0.3, -0.25) is 9.59 Å². The summed E-state index contributed by atoms with van der Waals surface area (Å²) in [5.41, 5.74) is 0.374. The van der Waals surface area contributed by atoms with Gasteiger partial charge in [-0.25, -0.2) is 8.42 Å². The van der Waals surface area contributed by atoms with Crippen LogP contribution in [0.4, 0.5) is 5.69 Å². The predicted octanol–water partition coefficient (Wildman–Crippen LogP) is 0.665. The van der Waals surface area contributed by atoms with Crippen molar-refractivity contribution in [3.63, 3.8) is 0 Å². The van der Waals surface area contributed by atoms with Gasteiger partial charge < -0.3 is 19.7 Å². The van der Waals surface area contributed by atoms with Crippen molar-refractivity contribution in [2.45, 2.75) is 30.8 Å². The van der Waals surface area contributed by atoms with E-state index in [4.69, 9.17) is 9.47 Å². The number of ether oxygens (including phenoxy) is 2. The monoisotopic (exact) mass is 411 g/mol. The molecule has 2 fully saturated rings. The Balaban J connectivity index is 1.74. The third-order valence-electron chi connectivity index (χ3n) is 4.86. The molecule has 2 heterocycles. The molecule has 0 radical (unpaired) electrons. The molecule has 1 aromatic rings. The van der Waals surface area contributed by atoms with Crippen LogP contribution in [0, 0.1) is 0 Å². The first-order valence-corrected chi connectivity index (χ1v) is 10.6. The number of amides is 2. The van der Waals surface area contributed by atoms with Crippen molar-refractivity contribution in [2.24, 2.45) is 0 Å². The first-order chi connectivity index (χ1) is 13.3. The standard InChI is InChI=1S/C18H25N3O6S/c1-13(22)19-14-5-6-15(26-2)17(12-14)28(24,25)21-9-7-20(8-10-21)18(23)16-4-3-11-27-16/h5-6,12,16H,3-4,7-11H2,1-2H3,(H,19,22)/t16-/m1/s1. The summed E-state index contributed by atoms with van der Waals surface area (Å²) in [5, 5.41) is 2.58. The lowest BCUT2D eigenvalue weighted by atomic mass is 10.2. The number of anilines is 1.